The molecule has 1 aliphatic rings. The van der Waals surface area contributed by atoms with Gasteiger partial charge in [-0.05, 0) is 59.9 Å². The average molecular weight is 468 g/mol. The maximum Gasteiger partial charge on any atom is 0.251 e. The molecule has 8 heteroatoms. The molecule has 0 radical (unpaired) electrons. The Morgan fingerprint density at radius 2 is 1.94 bits per heavy atom. The van der Waals surface area contributed by atoms with Gasteiger partial charge in [0, 0.05) is 42.5 Å². The minimum absolute atomic E-state index is 0.0515. The molecule has 4 aromatic rings. The number of hydrogen-bond donors (Lipinski definition) is 2. The number of rotatable bonds is 5. The predicted octanol–water partition coefficient (Wildman–Crippen LogP) is 4.66. The number of nitrogens with zero attached hydrogens (tertiary/aromatic N) is 2. The molecule has 0 aliphatic carbocycles. The zero-order chi connectivity index (χ0) is 22.9. The van der Waals surface area contributed by atoms with E-state index in [4.69, 9.17) is 16.3 Å². The first kappa shape index (κ1) is 21.8. The van der Waals surface area contributed by atoms with Crippen molar-refractivity contribution in [3.63, 3.8) is 0 Å². The van der Waals surface area contributed by atoms with E-state index in [1.165, 1.54) is 22.8 Å². The first-order chi connectivity index (χ1) is 16.0. The smallest absolute Gasteiger partial charge is 0.251 e. The number of aromatic amines is 1. The zero-order valence-electron chi connectivity index (χ0n) is 17.8. The second-order valence-electron chi connectivity index (χ2n) is 8.29. The van der Waals surface area contributed by atoms with Crippen molar-refractivity contribution in [1.82, 2.24) is 14.8 Å². The second kappa shape index (κ2) is 9.09. The molecule has 1 aliphatic heterocycles. The van der Waals surface area contributed by atoms with Crippen molar-refractivity contribution in [3.05, 3.63) is 87.2 Å². The zero-order valence-corrected chi connectivity index (χ0v) is 18.6. The molecule has 3 heterocycles. The molecule has 0 spiro atoms. The van der Waals surface area contributed by atoms with Crippen molar-refractivity contribution in [3.8, 4) is 11.1 Å². The second-order valence-corrected chi connectivity index (χ2v) is 8.70. The summed E-state index contributed by atoms with van der Waals surface area (Å²) in [4.78, 5) is 13.0. The lowest BCUT2D eigenvalue weighted by Gasteiger charge is -2.21. The molecule has 1 atom stereocenters. The summed E-state index contributed by atoms with van der Waals surface area (Å²) < 4.78 is 20.5. The summed E-state index contributed by atoms with van der Waals surface area (Å²) >= 11 is 5.90. The van der Waals surface area contributed by atoms with Crippen LogP contribution in [0.25, 0.3) is 22.0 Å². The number of H-pyrrole nitrogens is 1. The summed E-state index contributed by atoms with van der Waals surface area (Å²) in [5, 5.41) is 18.6. The molecule has 33 heavy (non-hydrogen) atoms. The fourth-order valence-corrected chi connectivity index (χ4v) is 4.70. The third kappa shape index (κ3) is 4.19. The highest BCUT2D eigenvalue weighted by molar-refractivity contribution is 6.30. The van der Waals surface area contributed by atoms with Gasteiger partial charge in [0.05, 0.1) is 23.2 Å². The van der Waals surface area contributed by atoms with Crippen LogP contribution in [0.2, 0.25) is 5.02 Å². The normalized spacial score (nSPS) is 15.7. The van der Waals surface area contributed by atoms with E-state index in [2.05, 4.69) is 16.3 Å². The van der Waals surface area contributed by atoms with Gasteiger partial charge in [-0.2, -0.15) is 5.10 Å². The van der Waals surface area contributed by atoms with Crippen molar-refractivity contribution in [2.75, 3.05) is 19.8 Å². The van der Waals surface area contributed by atoms with Gasteiger partial charge < -0.3 is 14.4 Å². The Morgan fingerprint density at radius 3 is 2.67 bits per heavy atom. The molecule has 1 unspecified atom stereocenters. The van der Waals surface area contributed by atoms with Crippen LogP contribution in [0.5, 0.6) is 0 Å². The molecule has 1 fully saturated rings. The Bertz CT molecular complexity index is 1360. The first-order valence-electron chi connectivity index (χ1n) is 10.9. The molecular formula is C25H23ClFN3O3. The van der Waals surface area contributed by atoms with Gasteiger partial charge in [0.2, 0.25) is 0 Å². The number of pyridine rings is 1. The summed E-state index contributed by atoms with van der Waals surface area (Å²) in [6.45, 7) is 1.17. The van der Waals surface area contributed by atoms with Gasteiger partial charge in [0.25, 0.3) is 5.56 Å². The topological polar surface area (TPSA) is 80.1 Å². The van der Waals surface area contributed by atoms with Crippen LogP contribution < -0.4 is 5.56 Å². The molecule has 1 saturated heterocycles. The van der Waals surface area contributed by atoms with Crippen molar-refractivity contribution >= 4 is 22.5 Å². The number of halogens is 2. The number of fused-ring (bicyclic) bond motifs is 1. The van der Waals surface area contributed by atoms with E-state index < -0.39 is 11.9 Å². The summed E-state index contributed by atoms with van der Waals surface area (Å²) in [6.07, 6.45) is 3.55. The van der Waals surface area contributed by atoms with Gasteiger partial charge >= 0.3 is 0 Å². The van der Waals surface area contributed by atoms with E-state index in [-0.39, 0.29) is 17.2 Å². The van der Waals surface area contributed by atoms with E-state index in [1.54, 1.807) is 12.3 Å². The number of aromatic nitrogens is 3. The number of hydrogen-bond acceptors (Lipinski definition) is 4. The lowest BCUT2D eigenvalue weighted by atomic mass is 9.93. The monoisotopic (exact) mass is 467 g/mol. The largest absolute Gasteiger partial charge is 0.394 e. The number of benzene rings is 2. The maximum atomic E-state index is 13.5. The van der Waals surface area contributed by atoms with Gasteiger partial charge in [0.15, 0.2) is 0 Å². The van der Waals surface area contributed by atoms with Crippen LogP contribution in [-0.4, -0.2) is 39.7 Å². The molecule has 2 aromatic carbocycles. The quantitative estimate of drug-likeness (QED) is 0.447. The number of ether oxygens (including phenoxy) is 1. The molecule has 2 aromatic heterocycles. The molecule has 5 rings (SSSR count). The summed E-state index contributed by atoms with van der Waals surface area (Å²) in [6, 6.07) is 12.9. The number of aliphatic hydroxyl groups is 1. The van der Waals surface area contributed by atoms with E-state index in [0.717, 1.165) is 53.8 Å². The highest BCUT2D eigenvalue weighted by Gasteiger charge is 2.21. The number of nitrogens with one attached hydrogen (secondary N) is 1. The Labute approximate surface area is 194 Å². The molecular weight excluding hydrogens is 445 g/mol. The van der Waals surface area contributed by atoms with Crippen LogP contribution in [0.1, 0.15) is 36.1 Å². The fourth-order valence-electron chi connectivity index (χ4n) is 4.51. The van der Waals surface area contributed by atoms with Crippen molar-refractivity contribution in [2.24, 2.45) is 0 Å². The SMILES string of the molecule is O=c1cc(-c2ccc3n[nH]c(C4CCOCC4)c3c2)ccn1C(CO)c1ccc(F)c(Cl)c1. The highest BCUT2D eigenvalue weighted by atomic mass is 35.5. The fraction of sp³-hybridized carbons (Fsp3) is 0.280. The van der Waals surface area contributed by atoms with Crippen LogP contribution in [0.4, 0.5) is 4.39 Å². The minimum Gasteiger partial charge on any atom is -0.394 e. The predicted molar refractivity (Wildman–Crippen MR) is 125 cm³/mol. The lowest BCUT2D eigenvalue weighted by molar-refractivity contribution is 0.0847. The standard InChI is InChI=1S/C25H23ClFN3O3/c26-20-12-18(1-3-21(20)27)23(14-31)30-8-5-17(13-24(30)32)16-2-4-22-19(11-16)25(29-28-22)15-6-9-33-10-7-15/h1-5,8,11-13,15,23,31H,6-7,9-10,14H2,(H,28,29). The third-order valence-corrected chi connectivity index (χ3v) is 6.62. The Kier molecular flexibility index (Phi) is 6.01. The summed E-state index contributed by atoms with van der Waals surface area (Å²) in [7, 11) is 0. The van der Waals surface area contributed by atoms with Crippen LogP contribution >= 0.6 is 11.6 Å². The van der Waals surface area contributed by atoms with Gasteiger partial charge in [-0.3, -0.25) is 9.89 Å². The molecule has 0 amide bonds. The number of aliphatic hydroxyl groups excluding tert-OH is 1. The molecule has 0 saturated carbocycles. The van der Waals surface area contributed by atoms with E-state index in [0.29, 0.717) is 11.5 Å². The first-order valence-corrected chi connectivity index (χ1v) is 11.3. The van der Waals surface area contributed by atoms with Crippen molar-refractivity contribution in [1.29, 1.82) is 0 Å². The Hall–Kier alpha value is -3.00. The highest BCUT2D eigenvalue weighted by Crippen LogP contribution is 2.33. The maximum absolute atomic E-state index is 13.5. The van der Waals surface area contributed by atoms with Gasteiger partial charge in [-0.25, -0.2) is 4.39 Å². The van der Waals surface area contributed by atoms with Crippen LogP contribution in [0.3, 0.4) is 0 Å². The Balaban J connectivity index is 1.49. The van der Waals surface area contributed by atoms with Gasteiger partial charge in [-0.15, -0.1) is 0 Å². The van der Waals surface area contributed by atoms with Crippen molar-refractivity contribution < 1.29 is 14.2 Å². The molecule has 170 valence electrons. The van der Waals surface area contributed by atoms with E-state index in [9.17, 15) is 14.3 Å². The molecule has 0 bridgehead atoms. The third-order valence-electron chi connectivity index (χ3n) is 6.33. The molecule has 6 nitrogen and oxygen atoms in total. The molecule has 2 N–H and O–H groups in total. The lowest BCUT2D eigenvalue weighted by Crippen LogP contribution is -2.26. The average Bonchev–Trinajstić information content (AvgIpc) is 3.26. The van der Waals surface area contributed by atoms with Crippen LogP contribution in [0.15, 0.2) is 59.5 Å². The van der Waals surface area contributed by atoms with E-state index in [1.807, 2.05) is 18.2 Å². The summed E-state index contributed by atoms with van der Waals surface area (Å²) in [5.41, 5.74) is 3.96. The van der Waals surface area contributed by atoms with Crippen LogP contribution in [-0.2, 0) is 4.74 Å². The van der Waals surface area contributed by atoms with E-state index >= 15 is 0 Å². The summed E-state index contributed by atoms with van der Waals surface area (Å²) in [5.74, 6) is -0.172. The Morgan fingerprint density at radius 1 is 1.15 bits per heavy atom. The minimum atomic E-state index is -0.666. The van der Waals surface area contributed by atoms with Gasteiger partial charge in [-0.1, -0.05) is 23.7 Å². The van der Waals surface area contributed by atoms with Crippen molar-refractivity contribution in [2.45, 2.75) is 24.8 Å². The van der Waals surface area contributed by atoms with Gasteiger partial charge in [0.1, 0.15) is 5.82 Å². The van der Waals surface area contributed by atoms with Crippen LogP contribution in [0, 0.1) is 5.82 Å².